The highest BCUT2D eigenvalue weighted by molar-refractivity contribution is 6.31. The van der Waals surface area contributed by atoms with Gasteiger partial charge < -0.3 is 15.0 Å². The van der Waals surface area contributed by atoms with E-state index in [9.17, 15) is 5.11 Å². The molecule has 3 aromatic rings. The highest BCUT2D eigenvalue weighted by Crippen LogP contribution is 2.24. The molecule has 114 valence electrons. The topological polar surface area (TPSA) is 50.1 Å². The highest BCUT2D eigenvalue weighted by Gasteiger charge is 2.12. The normalized spacial score (nSPS) is 12.5. The zero-order valence-electron chi connectivity index (χ0n) is 12.3. The minimum atomic E-state index is -0.437. The van der Waals surface area contributed by atoms with E-state index in [1.807, 2.05) is 48.5 Å². The number of halogens is 1. The van der Waals surface area contributed by atoms with Gasteiger partial charge in [-0.3, -0.25) is 0 Å². The number of anilines is 1. The molecule has 0 aliphatic carbocycles. The Morgan fingerprint density at radius 2 is 1.91 bits per heavy atom. The van der Waals surface area contributed by atoms with Crippen molar-refractivity contribution >= 4 is 28.6 Å². The Labute approximate surface area is 134 Å². The number of aliphatic hydroxyl groups excluding tert-OH is 1. The summed E-state index contributed by atoms with van der Waals surface area (Å²) in [6.45, 7) is 2.82. The average Bonchev–Trinajstić information content (AvgIpc) is 2.85. The van der Waals surface area contributed by atoms with Crippen LogP contribution in [-0.4, -0.2) is 27.3 Å². The maximum atomic E-state index is 9.49. The van der Waals surface area contributed by atoms with Crippen LogP contribution < -0.4 is 5.32 Å². The van der Waals surface area contributed by atoms with Crippen molar-refractivity contribution in [3.63, 3.8) is 0 Å². The molecule has 5 heteroatoms. The Bertz CT molecular complexity index is 782. The van der Waals surface area contributed by atoms with Gasteiger partial charge in [-0.2, -0.15) is 0 Å². The quantitative estimate of drug-likeness (QED) is 0.757. The fraction of sp³-hybridized carbons (Fsp3) is 0.235. The summed E-state index contributed by atoms with van der Waals surface area (Å²) >= 11 is 6.28. The lowest BCUT2D eigenvalue weighted by Gasteiger charge is -2.13. The van der Waals surface area contributed by atoms with Gasteiger partial charge in [-0.1, -0.05) is 41.9 Å². The monoisotopic (exact) mass is 315 g/mol. The smallest absolute Gasteiger partial charge is 0.204 e. The second-order valence-corrected chi connectivity index (χ2v) is 5.74. The van der Waals surface area contributed by atoms with Crippen LogP contribution in [0, 0.1) is 0 Å². The largest absolute Gasteiger partial charge is 0.392 e. The average molecular weight is 316 g/mol. The molecule has 1 heterocycles. The number of aromatic nitrogens is 2. The minimum absolute atomic E-state index is 0.437. The van der Waals surface area contributed by atoms with Crippen LogP contribution in [0.2, 0.25) is 5.02 Å². The van der Waals surface area contributed by atoms with Crippen LogP contribution >= 0.6 is 11.6 Å². The van der Waals surface area contributed by atoms with Gasteiger partial charge in [0.2, 0.25) is 5.95 Å². The summed E-state index contributed by atoms with van der Waals surface area (Å²) in [5.41, 5.74) is 2.99. The van der Waals surface area contributed by atoms with Crippen molar-refractivity contribution < 1.29 is 5.11 Å². The second kappa shape index (κ2) is 6.38. The number of hydrogen-bond donors (Lipinski definition) is 2. The molecule has 2 aromatic carbocycles. The van der Waals surface area contributed by atoms with E-state index < -0.39 is 6.10 Å². The summed E-state index contributed by atoms with van der Waals surface area (Å²) in [6.07, 6.45) is -0.437. The van der Waals surface area contributed by atoms with Gasteiger partial charge in [0.25, 0.3) is 0 Å². The number of hydrogen-bond acceptors (Lipinski definition) is 3. The first-order valence-corrected chi connectivity index (χ1v) is 7.63. The van der Waals surface area contributed by atoms with E-state index >= 15 is 0 Å². The first-order chi connectivity index (χ1) is 10.6. The zero-order valence-corrected chi connectivity index (χ0v) is 13.1. The third kappa shape index (κ3) is 3.08. The Kier molecular flexibility index (Phi) is 4.32. The van der Waals surface area contributed by atoms with Gasteiger partial charge in [0, 0.05) is 11.6 Å². The maximum Gasteiger partial charge on any atom is 0.204 e. The van der Waals surface area contributed by atoms with Crippen LogP contribution in [0.5, 0.6) is 0 Å². The van der Waals surface area contributed by atoms with Crippen molar-refractivity contribution in [2.75, 3.05) is 11.9 Å². The number of imidazole rings is 1. The summed E-state index contributed by atoms with van der Waals surface area (Å²) in [4.78, 5) is 4.61. The predicted molar refractivity (Wildman–Crippen MR) is 90.5 cm³/mol. The number of rotatable bonds is 5. The number of nitrogens with zero attached hydrogens (tertiary/aromatic N) is 2. The molecule has 0 spiro atoms. The van der Waals surface area contributed by atoms with Crippen molar-refractivity contribution in [1.29, 1.82) is 0 Å². The summed E-state index contributed by atoms with van der Waals surface area (Å²) in [6, 6.07) is 15.8. The highest BCUT2D eigenvalue weighted by atomic mass is 35.5. The van der Waals surface area contributed by atoms with Crippen LogP contribution in [0.1, 0.15) is 12.5 Å². The molecule has 4 nitrogen and oxygen atoms in total. The zero-order chi connectivity index (χ0) is 15.5. The first kappa shape index (κ1) is 14.9. The lowest BCUT2D eigenvalue weighted by Crippen LogP contribution is -2.18. The number of benzene rings is 2. The fourth-order valence-corrected chi connectivity index (χ4v) is 2.60. The van der Waals surface area contributed by atoms with Crippen LogP contribution in [0.15, 0.2) is 48.5 Å². The molecule has 0 saturated carbocycles. The first-order valence-electron chi connectivity index (χ1n) is 7.26. The molecule has 0 aliphatic heterocycles. The molecule has 0 bridgehead atoms. The third-order valence-electron chi connectivity index (χ3n) is 3.50. The molecule has 0 saturated heterocycles. The van der Waals surface area contributed by atoms with Crippen LogP contribution in [0.3, 0.4) is 0 Å². The molecular formula is C17H18ClN3O. The maximum absolute atomic E-state index is 9.49. The molecule has 0 radical (unpaired) electrons. The molecular weight excluding hydrogens is 298 g/mol. The van der Waals surface area contributed by atoms with E-state index in [1.165, 1.54) is 0 Å². The molecule has 3 rings (SSSR count). The molecule has 1 aromatic heterocycles. The van der Waals surface area contributed by atoms with Gasteiger partial charge in [0.1, 0.15) is 0 Å². The summed E-state index contributed by atoms with van der Waals surface area (Å²) < 4.78 is 2.08. The van der Waals surface area contributed by atoms with Gasteiger partial charge in [-0.25, -0.2) is 4.98 Å². The number of fused-ring (bicyclic) bond motifs is 1. The Balaban J connectivity index is 2.01. The van der Waals surface area contributed by atoms with E-state index in [2.05, 4.69) is 14.9 Å². The molecule has 0 amide bonds. The number of para-hydroxylation sites is 2. The van der Waals surface area contributed by atoms with Gasteiger partial charge in [0.05, 0.1) is 23.7 Å². The summed E-state index contributed by atoms with van der Waals surface area (Å²) in [5.74, 6) is 0.738. The standard InChI is InChI=1S/C17H18ClN3O/c1-12(22)10-19-17-20-15-8-4-5-9-16(15)21(17)11-13-6-2-3-7-14(13)18/h2-9,12,22H,10-11H2,1H3,(H,19,20)/t12-/m1/s1. The van der Waals surface area contributed by atoms with Gasteiger partial charge >= 0.3 is 0 Å². The van der Waals surface area contributed by atoms with Crippen molar-refractivity contribution in [1.82, 2.24) is 9.55 Å². The molecule has 0 unspecified atom stereocenters. The minimum Gasteiger partial charge on any atom is -0.392 e. The van der Waals surface area contributed by atoms with E-state index in [0.29, 0.717) is 13.1 Å². The summed E-state index contributed by atoms with van der Waals surface area (Å²) in [5, 5.41) is 13.4. The van der Waals surface area contributed by atoms with Gasteiger partial charge in [-0.15, -0.1) is 0 Å². The molecule has 0 fully saturated rings. The van der Waals surface area contributed by atoms with Crippen molar-refractivity contribution in [2.45, 2.75) is 19.6 Å². The Hall–Kier alpha value is -2.04. The van der Waals surface area contributed by atoms with Crippen molar-refractivity contribution in [3.8, 4) is 0 Å². The van der Waals surface area contributed by atoms with Crippen molar-refractivity contribution in [2.24, 2.45) is 0 Å². The van der Waals surface area contributed by atoms with E-state index in [-0.39, 0.29) is 0 Å². The predicted octanol–water partition coefficient (Wildman–Crippen LogP) is 3.53. The lowest BCUT2D eigenvalue weighted by atomic mass is 10.2. The molecule has 2 N–H and O–H groups in total. The van der Waals surface area contributed by atoms with Gasteiger partial charge in [-0.05, 0) is 30.7 Å². The van der Waals surface area contributed by atoms with Crippen LogP contribution in [0.25, 0.3) is 11.0 Å². The van der Waals surface area contributed by atoms with Crippen LogP contribution in [-0.2, 0) is 6.54 Å². The Morgan fingerprint density at radius 1 is 1.18 bits per heavy atom. The SMILES string of the molecule is C[C@@H](O)CNc1nc2ccccc2n1Cc1ccccc1Cl. The lowest BCUT2D eigenvalue weighted by molar-refractivity contribution is 0.208. The third-order valence-corrected chi connectivity index (χ3v) is 3.87. The second-order valence-electron chi connectivity index (χ2n) is 5.33. The number of aliphatic hydroxyl groups is 1. The molecule has 22 heavy (non-hydrogen) atoms. The van der Waals surface area contributed by atoms with Crippen molar-refractivity contribution in [3.05, 3.63) is 59.1 Å². The summed E-state index contributed by atoms with van der Waals surface area (Å²) in [7, 11) is 0. The number of nitrogens with one attached hydrogen (secondary N) is 1. The van der Waals surface area contributed by atoms with E-state index in [4.69, 9.17) is 11.6 Å². The van der Waals surface area contributed by atoms with Crippen LogP contribution in [0.4, 0.5) is 5.95 Å². The Morgan fingerprint density at radius 3 is 2.68 bits per heavy atom. The van der Waals surface area contributed by atoms with E-state index in [0.717, 1.165) is 27.6 Å². The molecule has 1 atom stereocenters. The molecule has 0 aliphatic rings. The van der Waals surface area contributed by atoms with Gasteiger partial charge in [0.15, 0.2) is 0 Å². The van der Waals surface area contributed by atoms with E-state index in [1.54, 1.807) is 6.92 Å². The fourth-order valence-electron chi connectivity index (χ4n) is 2.41.